The Hall–Kier alpha value is -1.29. The van der Waals surface area contributed by atoms with Crippen molar-refractivity contribution in [1.82, 2.24) is 5.32 Å². The first-order chi connectivity index (χ1) is 8.98. The van der Waals surface area contributed by atoms with Crippen molar-refractivity contribution in [3.63, 3.8) is 0 Å². The van der Waals surface area contributed by atoms with Gasteiger partial charge >= 0.3 is 6.18 Å². The fraction of sp³-hybridized carbons (Fsp3) is 0.467. The zero-order chi connectivity index (χ0) is 13.9. The lowest BCUT2D eigenvalue weighted by molar-refractivity contribution is -0.138. The third kappa shape index (κ3) is 3.60. The highest BCUT2D eigenvalue weighted by atomic mass is 19.4. The minimum Gasteiger partial charge on any atom is -0.307 e. The van der Waals surface area contributed by atoms with Gasteiger partial charge in [0.25, 0.3) is 0 Å². The van der Waals surface area contributed by atoms with E-state index >= 15 is 0 Å². The van der Waals surface area contributed by atoms with E-state index < -0.39 is 11.7 Å². The van der Waals surface area contributed by atoms with Gasteiger partial charge in [0.15, 0.2) is 0 Å². The first-order valence-corrected chi connectivity index (χ1v) is 6.55. The Morgan fingerprint density at radius 1 is 1.21 bits per heavy atom. The van der Waals surface area contributed by atoms with E-state index in [1.54, 1.807) is 19.1 Å². The van der Waals surface area contributed by atoms with E-state index in [0.717, 1.165) is 25.3 Å². The van der Waals surface area contributed by atoms with Gasteiger partial charge in [0.2, 0.25) is 0 Å². The molecule has 2 rings (SSSR count). The Morgan fingerprint density at radius 2 is 1.95 bits per heavy atom. The quantitative estimate of drug-likeness (QED) is 0.799. The van der Waals surface area contributed by atoms with E-state index in [9.17, 15) is 13.2 Å². The summed E-state index contributed by atoms with van der Waals surface area (Å²) in [6.45, 7) is 1.79. The Labute approximate surface area is 111 Å². The molecule has 2 unspecified atom stereocenters. The van der Waals surface area contributed by atoms with Crippen LogP contribution < -0.4 is 5.32 Å². The lowest BCUT2D eigenvalue weighted by atomic mass is 9.97. The summed E-state index contributed by atoms with van der Waals surface area (Å²) in [6.07, 6.45) is 2.77. The number of hydrogen-bond acceptors (Lipinski definition) is 1. The minimum absolute atomic E-state index is 0.265. The van der Waals surface area contributed by atoms with Gasteiger partial charge in [-0.1, -0.05) is 30.4 Å². The molecule has 0 spiro atoms. The Bertz CT molecular complexity index is 451. The molecule has 0 saturated carbocycles. The lowest BCUT2D eigenvalue weighted by Gasteiger charge is -2.26. The summed E-state index contributed by atoms with van der Waals surface area (Å²) in [5, 5.41) is 3.30. The normalized spacial score (nSPS) is 21.4. The topological polar surface area (TPSA) is 12.0 Å². The molecule has 1 N–H and O–H groups in total. The summed E-state index contributed by atoms with van der Waals surface area (Å²) in [4.78, 5) is 0. The molecule has 1 nitrogen and oxygen atoms in total. The van der Waals surface area contributed by atoms with Gasteiger partial charge < -0.3 is 5.32 Å². The highest BCUT2D eigenvalue weighted by molar-refractivity contribution is 5.32. The smallest absolute Gasteiger partial charge is 0.307 e. The fourth-order valence-electron chi connectivity index (χ4n) is 2.52. The van der Waals surface area contributed by atoms with Crippen molar-refractivity contribution in [1.29, 1.82) is 0 Å². The standard InChI is InChI=1S/C15H18F3N/c1-11(19-12-7-3-2-4-8-12)13-9-5-6-10-14(13)15(16,17)18/h2-3,5-6,9-12,19H,4,7-8H2,1H3. The van der Waals surface area contributed by atoms with Crippen molar-refractivity contribution in [3.05, 3.63) is 47.5 Å². The van der Waals surface area contributed by atoms with Crippen LogP contribution in [0.1, 0.15) is 43.4 Å². The van der Waals surface area contributed by atoms with E-state index in [1.807, 2.05) is 0 Å². The van der Waals surface area contributed by atoms with Crippen LogP contribution in [-0.2, 0) is 6.18 Å². The van der Waals surface area contributed by atoms with Gasteiger partial charge in [-0.15, -0.1) is 0 Å². The Balaban J connectivity index is 2.14. The van der Waals surface area contributed by atoms with Crippen LogP contribution in [0.3, 0.4) is 0 Å². The van der Waals surface area contributed by atoms with Gasteiger partial charge in [-0.2, -0.15) is 13.2 Å². The molecule has 19 heavy (non-hydrogen) atoms. The van der Waals surface area contributed by atoms with Gasteiger partial charge in [0.1, 0.15) is 0 Å². The molecular weight excluding hydrogens is 251 g/mol. The summed E-state index contributed by atoms with van der Waals surface area (Å²) in [6, 6.07) is 5.76. The number of nitrogens with one attached hydrogen (secondary N) is 1. The molecule has 0 heterocycles. The maximum Gasteiger partial charge on any atom is 0.416 e. The largest absolute Gasteiger partial charge is 0.416 e. The molecule has 0 radical (unpaired) electrons. The fourth-order valence-corrected chi connectivity index (χ4v) is 2.52. The molecule has 0 aliphatic heterocycles. The molecule has 1 aromatic rings. The zero-order valence-corrected chi connectivity index (χ0v) is 10.9. The summed E-state index contributed by atoms with van der Waals surface area (Å²) in [5.41, 5.74) is -0.217. The third-order valence-corrected chi connectivity index (χ3v) is 3.49. The van der Waals surface area contributed by atoms with E-state index in [4.69, 9.17) is 0 Å². The average molecular weight is 269 g/mol. The van der Waals surface area contributed by atoms with Crippen LogP contribution >= 0.6 is 0 Å². The lowest BCUT2D eigenvalue weighted by Crippen LogP contribution is -2.33. The van der Waals surface area contributed by atoms with Crippen molar-refractivity contribution < 1.29 is 13.2 Å². The predicted molar refractivity (Wildman–Crippen MR) is 69.8 cm³/mol. The summed E-state index contributed by atoms with van der Waals surface area (Å²) >= 11 is 0. The molecule has 1 aliphatic carbocycles. The number of allylic oxidation sites excluding steroid dienone is 1. The second-order valence-corrected chi connectivity index (χ2v) is 4.95. The van der Waals surface area contributed by atoms with Gasteiger partial charge in [-0.25, -0.2) is 0 Å². The molecule has 2 atom stereocenters. The van der Waals surface area contributed by atoms with Gasteiger partial charge in [0, 0.05) is 12.1 Å². The number of benzene rings is 1. The first-order valence-electron chi connectivity index (χ1n) is 6.55. The molecule has 0 fully saturated rings. The first kappa shape index (κ1) is 14.1. The van der Waals surface area contributed by atoms with Crippen molar-refractivity contribution in [3.8, 4) is 0 Å². The van der Waals surface area contributed by atoms with Crippen LogP contribution in [0.15, 0.2) is 36.4 Å². The molecule has 1 aromatic carbocycles. The molecule has 4 heteroatoms. The minimum atomic E-state index is -4.29. The molecule has 0 aromatic heterocycles. The van der Waals surface area contributed by atoms with Crippen LogP contribution in [0.25, 0.3) is 0 Å². The average Bonchev–Trinajstić information content (AvgIpc) is 2.39. The van der Waals surface area contributed by atoms with Crippen molar-refractivity contribution in [2.24, 2.45) is 0 Å². The van der Waals surface area contributed by atoms with Crippen LogP contribution in [-0.4, -0.2) is 6.04 Å². The molecule has 0 bridgehead atoms. The van der Waals surface area contributed by atoms with Crippen LogP contribution in [0.4, 0.5) is 13.2 Å². The Morgan fingerprint density at radius 3 is 2.58 bits per heavy atom. The SMILES string of the molecule is CC(NC1CC=CCC1)c1ccccc1C(F)(F)F. The van der Waals surface area contributed by atoms with E-state index in [2.05, 4.69) is 17.5 Å². The van der Waals surface area contributed by atoms with Crippen LogP contribution in [0, 0.1) is 0 Å². The molecule has 1 aliphatic rings. The molecular formula is C15H18F3N. The second-order valence-electron chi connectivity index (χ2n) is 4.95. The van der Waals surface area contributed by atoms with E-state index in [1.165, 1.54) is 6.07 Å². The molecule has 0 saturated heterocycles. The highest BCUT2D eigenvalue weighted by Gasteiger charge is 2.34. The predicted octanol–water partition coefficient (Wildman–Crippen LogP) is 4.46. The monoisotopic (exact) mass is 269 g/mol. The number of rotatable bonds is 3. The molecule has 104 valence electrons. The van der Waals surface area contributed by atoms with Gasteiger partial charge in [-0.3, -0.25) is 0 Å². The van der Waals surface area contributed by atoms with Gasteiger partial charge in [-0.05, 0) is 37.8 Å². The van der Waals surface area contributed by atoms with Crippen molar-refractivity contribution in [2.45, 2.75) is 44.4 Å². The third-order valence-electron chi connectivity index (χ3n) is 3.49. The maximum absolute atomic E-state index is 12.9. The highest BCUT2D eigenvalue weighted by Crippen LogP contribution is 2.34. The van der Waals surface area contributed by atoms with Crippen LogP contribution in [0.5, 0.6) is 0 Å². The number of alkyl halides is 3. The number of halogens is 3. The van der Waals surface area contributed by atoms with Crippen molar-refractivity contribution in [2.75, 3.05) is 0 Å². The Kier molecular flexibility index (Phi) is 4.30. The van der Waals surface area contributed by atoms with Gasteiger partial charge in [0.05, 0.1) is 5.56 Å². The second kappa shape index (κ2) is 5.78. The molecule has 0 amide bonds. The maximum atomic E-state index is 12.9. The summed E-state index contributed by atoms with van der Waals surface area (Å²) in [7, 11) is 0. The van der Waals surface area contributed by atoms with Crippen LogP contribution in [0.2, 0.25) is 0 Å². The zero-order valence-electron chi connectivity index (χ0n) is 10.9. The van der Waals surface area contributed by atoms with Crippen molar-refractivity contribution >= 4 is 0 Å². The van der Waals surface area contributed by atoms with E-state index in [-0.39, 0.29) is 12.1 Å². The summed E-state index contributed by atoms with van der Waals surface area (Å²) < 4.78 is 38.8. The number of hydrogen-bond donors (Lipinski definition) is 1. The summed E-state index contributed by atoms with van der Waals surface area (Å²) in [5.74, 6) is 0. The van der Waals surface area contributed by atoms with E-state index in [0.29, 0.717) is 5.56 Å².